The van der Waals surface area contributed by atoms with Gasteiger partial charge in [-0.1, -0.05) is 13.8 Å². The highest BCUT2D eigenvalue weighted by molar-refractivity contribution is 5.76. The third kappa shape index (κ3) is 3.43. The van der Waals surface area contributed by atoms with Crippen LogP contribution in [0.25, 0.3) is 5.78 Å². The highest BCUT2D eigenvalue weighted by Gasteiger charge is 2.23. The van der Waals surface area contributed by atoms with E-state index in [1.54, 1.807) is 4.52 Å². The number of hydrogen-bond donors (Lipinski definition) is 0. The first-order chi connectivity index (χ1) is 11.0. The molecule has 0 spiro atoms. The van der Waals surface area contributed by atoms with Crippen molar-refractivity contribution in [3.05, 3.63) is 18.1 Å². The smallest absolute Gasteiger partial charge is 0.254 e. The Hall–Kier alpha value is -2.18. The minimum atomic E-state index is 0.273. The zero-order valence-corrected chi connectivity index (χ0v) is 14.1. The number of amides is 1. The van der Waals surface area contributed by atoms with Crippen molar-refractivity contribution < 1.29 is 4.79 Å². The van der Waals surface area contributed by atoms with E-state index in [0.29, 0.717) is 18.1 Å². The molecule has 7 heteroatoms. The van der Waals surface area contributed by atoms with E-state index >= 15 is 0 Å². The fourth-order valence-electron chi connectivity index (χ4n) is 2.89. The Kier molecular flexibility index (Phi) is 4.45. The molecule has 1 fully saturated rings. The van der Waals surface area contributed by atoms with Crippen LogP contribution in [0.4, 0.5) is 5.82 Å². The number of nitrogens with zero attached hydrogens (tertiary/aromatic N) is 6. The summed E-state index contributed by atoms with van der Waals surface area (Å²) in [5.41, 5.74) is 0.927. The number of hydrogen-bond acceptors (Lipinski definition) is 5. The van der Waals surface area contributed by atoms with Crippen LogP contribution in [0.1, 0.15) is 32.4 Å². The second-order valence-corrected chi connectivity index (χ2v) is 6.53. The second-order valence-electron chi connectivity index (χ2n) is 6.53. The molecule has 0 radical (unpaired) electrons. The van der Waals surface area contributed by atoms with E-state index in [4.69, 9.17) is 0 Å². The Labute approximate surface area is 136 Å². The first kappa shape index (κ1) is 15.7. The third-order valence-corrected chi connectivity index (χ3v) is 4.25. The lowest BCUT2D eigenvalue weighted by atomic mass is 10.1. The Morgan fingerprint density at radius 2 is 2.00 bits per heavy atom. The molecular formula is C16H24N6O. The summed E-state index contributed by atoms with van der Waals surface area (Å²) in [5, 5.41) is 4.26. The van der Waals surface area contributed by atoms with Gasteiger partial charge in [-0.25, -0.2) is 4.98 Å². The van der Waals surface area contributed by atoms with Gasteiger partial charge in [0.25, 0.3) is 5.78 Å². The van der Waals surface area contributed by atoms with E-state index < -0.39 is 0 Å². The second kappa shape index (κ2) is 6.52. The summed E-state index contributed by atoms with van der Waals surface area (Å²) in [6, 6.07) is 2.03. The highest BCUT2D eigenvalue weighted by Crippen LogP contribution is 2.18. The SMILES string of the molecule is Cc1cc(N2CCN(C(=O)CCC(C)C)CC2)n2ncnc2n1. The number of carbonyl (C=O) groups excluding carboxylic acids is 1. The highest BCUT2D eigenvalue weighted by atomic mass is 16.2. The van der Waals surface area contributed by atoms with Gasteiger partial charge in [-0.2, -0.15) is 14.6 Å². The first-order valence-corrected chi connectivity index (χ1v) is 8.24. The molecule has 1 aliphatic rings. The molecule has 1 aliphatic heterocycles. The van der Waals surface area contributed by atoms with Crippen molar-refractivity contribution in [2.75, 3.05) is 31.1 Å². The standard InChI is InChI=1S/C16H24N6O/c1-12(2)4-5-15(23)21-8-6-20(7-9-21)14-10-13(3)19-16-17-11-18-22(14)16/h10-12H,4-9H2,1-3H3. The molecule has 1 saturated heterocycles. The van der Waals surface area contributed by atoms with Gasteiger partial charge < -0.3 is 9.80 Å². The van der Waals surface area contributed by atoms with Crippen LogP contribution in [-0.2, 0) is 4.79 Å². The van der Waals surface area contributed by atoms with Crippen molar-refractivity contribution >= 4 is 17.5 Å². The number of carbonyl (C=O) groups is 1. The van der Waals surface area contributed by atoms with Crippen LogP contribution in [0.3, 0.4) is 0 Å². The summed E-state index contributed by atoms with van der Waals surface area (Å²) in [5.74, 6) is 2.46. The average molecular weight is 316 g/mol. The molecule has 2 aromatic rings. The van der Waals surface area contributed by atoms with E-state index in [1.807, 2.05) is 17.9 Å². The molecule has 0 aliphatic carbocycles. The van der Waals surface area contributed by atoms with E-state index in [9.17, 15) is 4.79 Å². The number of piperazine rings is 1. The van der Waals surface area contributed by atoms with Crippen molar-refractivity contribution in [1.29, 1.82) is 0 Å². The van der Waals surface area contributed by atoms with Crippen LogP contribution < -0.4 is 4.90 Å². The Morgan fingerprint density at radius 3 is 2.70 bits per heavy atom. The molecule has 0 saturated carbocycles. The van der Waals surface area contributed by atoms with Crippen LogP contribution in [0.2, 0.25) is 0 Å². The van der Waals surface area contributed by atoms with Crippen LogP contribution >= 0.6 is 0 Å². The Morgan fingerprint density at radius 1 is 1.26 bits per heavy atom. The number of fused-ring (bicyclic) bond motifs is 1. The molecule has 0 atom stereocenters. The van der Waals surface area contributed by atoms with Gasteiger partial charge in [0.15, 0.2) is 0 Å². The lowest BCUT2D eigenvalue weighted by Gasteiger charge is -2.36. The van der Waals surface area contributed by atoms with Gasteiger partial charge in [0, 0.05) is 44.4 Å². The summed E-state index contributed by atoms with van der Waals surface area (Å²) in [6.07, 6.45) is 3.14. The molecule has 3 rings (SSSR count). The molecule has 2 aromatic heterocycles. The zero-order valence-electron chi connectivity index (χ0n) is 14.1. The zero-order chi connectivity index (χ0) is 16.4. The molecule has 7 nitrogen and oxygen atoms in total. The van der Waals surface area contributed by atoms with Crippen LogP contribution in [0, 0.1) is 12.8 Å². The molecule has 0 unspecified atom stereocenters. The van der Waals surface area contributed by atoms with Crippen LogP contribution in [0.5, 0.6) is 0 Å². The Bertz CT molecular complexity index is 687. The average Bonchev–Trinajstić information content (AvgIpc) is 3.00. The lowest BCUT2D eigenvalue weighted by Crippen LogP contribution is -2.49. The fraction of sp³-hybridized carbons (Fsp3) is 0.625. The monoisotopic (exact) mass is 316 g/mol. The van der Waals surface area contributed by atoms with E-state index in [-0.39, 0.29) is 5.91 Å². The van der Waals surface area contributed by atoms with Gasteiger partial charge in [-0.05, 0) is 19.3 Å². The molecule has 0 N–H and O–H groups in total. The van der Waals surface area contributed by atoms with Crippen molar-refractivity contribution in [2.24, 2.45) is 5.92 Å². The molecule has 124 valence electrons. The van der Waals surface area contributed by atoms with Gasteiger partial charge in [0.05, 0.1) is 0 Å². The van der Waals surface area contributed by atoms with Crippen molar-refractivity contribution in [3.63, 3.8) is 0 Å². The molecule has 0 aromatic carbocycles. The van der Waals surface area contributed by atoms with Crippen LogP contribution in [-0.4, -0.2) is 56.6 Å². The fourth-order valence-corrected chi connectivity index (χ4v) is 2.89. The number of anilines is 1. The summed E-state index contributed by atoms with van der Waals surface area (Å²) in [7, 11) is 0. The molecule has 1 amide bonds. The van der Waals surface area contributed by atoms with E-state index in [0.717, 1.165) is 44.1 Å². The van der Waals surface area contributed by atoms with E-state index in [1.165, 1.54) is 6.33 Å². The topological polar surface area (TPSA) is 66.6 Å². The molecule has 0 bridgehead atoms. The summed E-state index contributed by atoms with van der Waals surface area (Å²) >= 11 is 0. The van der Waals surface area contributed by atoms with Crippen LogP contribution in [0.15, 0.2) is 12.4 Å². The van der Waals surface area contributed by atoms with Crippen molar-refractivity contribution in [3.8, 4) is 0 Å². The summed E-state index contributed by atoms with van der Waals surface area (Å²) in [6.45, 7) is 9.41. The maximum Gasteiger partial charge on any atom is 0.254 e. The normalized spacial score (nSPS) is 15.7. The first-order valence-electron chi connectivity index (χ1n) is 8.24. The van der Waals surface area contributed by atoms with Gasteiger partial charge >= 0.3 is 0 Å². The van der Waals surface area contributed by atoms with Gasteiger partial charge in [0.2, 0.25) is 5.91 Å². The predicted molar refractivity (Wildman–Crippen MR) is 88.4 cm³/mol. The minimum Gasteiger partial charge on any atom is -0.353 e. The Balaban J connectivity index is 1.66. The molecule has 3 heterocycles. The van der Waals surface area contributed by atoms with Gasteiger partial charge in [-0.3, -0.25) is 4.79 Å². The minimum absolute atomic E-state index is 0.273. The predicted octanol–water partition coefficient (Wildman–Crippen LogP) is 1.52. The van der Waals surface area contributed by atoms with E-state index in [2.05, 4.69) is 33.8 Å². The number of aromatic nitrogens is 4. The molecular weight excluding hydrogens is 292 g/mol. The number of rotatable bonds is 4. The van der Waals surface area contributed by atoms with Gasteiger partial charge in [-0.15, -0.1) is 0 Å². The summed E-state index contributed by atoms with van der Waals surface area (Å²) < 4.78 is 1.77. The quantitative estimate of drug-likeness (QED) is 0.855. The van der Waals surface area contributed by atoms with Crippen molar-refractivity contribution in [1.82, 2.24) is 24.5 Å². The molecule has 23 heavy (non-hydrogen) atoms. The van der Waals surface area contributed by atoms with Gasteiger partial charge in [0.1, 0.15) is 12.1 Å². The summed E-state index contributed by atoms with van der Waals surface area (Å²) in [4.78, 5) is 25.0. The largest absolute Gasteiger partial charge is 0.353 e. The maximum absolute atomic E-state index is 12.2. The maximum atomic E-state index is 12.2. The lowest BCUT2D eigenvalue weighted by molar-refractivity contribution is -0.131. The number of aryl methyl sites for hydroxylation is 1. The van der Waals surface area contributed by atoms with Crippen molar-refractivity contribution in [2.45, 2.75) is 33.6 Å². The third-order valence-electron chi connectivity index (χ3n) is 4.25.